The third-order valence-corrected chi connectivity index (χ3v) is 5.28. The fourth-order valence-electron chi connectivity index (χ4n) is 2.55. The molecular weight excluding hydrogens is 154 g/mol. The van der Waals surface area contributed by atoms with Crippen LogP contribution in [0.4, 0.5) is 0 Å². The number of fused-ring (bicyclic) bond motifs is 1. The first-order valence-corrected chi connectivity index (χ1v) is 5.48. The maximum absolute atomic E-state index is 4.42. The molecule has 2 aliphatic heterocycles. The summed E-state index contributed by atoms with van der Waals surface area (Å²) in [5.74, 6) is 1.39. The summed E-state index contributed by atoms with van der Waals surface area (Å²) >= 11 is 2.16. The average Bonchev–Trinajstić information content (AvgIpc) is 2.68. The van der Waals surface area contributed by atoms with Crippen molar-refractivity contribution in [3.63, 3.8) is 0 Å². The molecule has 0 aromatic carbocycles. The fraction of sp³-hybridized carbons (Fsp3) is 0.889. The van der Waals surface area contributed by atoms with Gasteiger partial charge in [-0.1, -0.05) is 6.42 Å². The van der Waals surface area contributed by atoms with Crippen LogP contribution in [0, 0.1) is 5.41 Å². The van der Waals surface area contributed by atoms with Crippen molar-refractivity contribution in [3.8, 4) is 0 Å². The van der Waals surface area contributed by atoms with Crippen LogP contribution in [0.3, 0.4) is 0 Å². The minimum Gasteiger partial charge on any atom is -0.296 e. The number of thioether (sulfide) groups is 1. The molecule has 1 nitrogen and oxygen atoms in total. The Hall–Kier alpha value is 0.0200. The number of rotatable bonds is 0. The van der Waals surface area contributed by atoms with Crippen molar-refractivity contribution in [2.75, 3.05) is 12.3 Å². The van der Waals surface area contributed by atoms with Crippen molar-refractivity contribution in [2.45, 2.75) is 30.4 Å². The van der Waals surface area contributed by atoms with E-state index in [0.717, 1.165) is 12.0 Å². The largest absolute Gasteiger partial charge is 0.296 e. The van der Waals surface area contributed by atoms with Gasteiger partial charge in [0.25, 0.3) is 0 Å². The SMILES string of the molecule is C1=NCC2(CS2)C2(C1)CCC2. The smallest absolute Gasteiger partial charge is 0.0546 e. The number of hydrogen-bond acceptors (Lipinski definition) is 2. The van der Waals surface area contributed by atoms with E-state index in [1.807, 2.05) is 0 Å². The van der Waals surface area contributed by atoms with E-state index in [4.69, 9.17) is 0 Å². The lowest BCUT2D eigenvalue weighted by Gasteiger charge is -2.48. The monoisotopic (exact) mass is 167 g/mol. The summed E-state index contributed by atoms with van der Waals surface area (Å²) in [6.45, 7) is 1.12. The van der Waals surface area contributed by atoms with Crippen LogP contribution in [0.25, 0.3) is 0 Å². The second kappa shape index (κ2) is 1.85. The van der Waals surface area contributed by atoms with E-state index in [-0.39, 0.29) is 0 Å². The first-order valence-electron chi connectivity index (χ1n) is 4.49. The average molecular weight is 167 g/mol. The first kappa shape index (κ1) is 6.53. The lowest BCUT2D eigenvalue weighted by atomic mass is 9.59. The zero-order valence-electron chi connectivity index (χ0n) is 6.68. The number of aliphatic imine (C=N–C) groups is 1. The summed E-state index contributed by atoms with van der Waals surface area (Å²) in [5.41, 5.74) is 0.722. The summed E-state index contributed by atoms with van der Waals surface area (Å²) in [7, 11) is 0. The van der Waals surface area contributed by atoms with Gasteiger partial charge in [0.05, 0.1) is 11.3 Å². The molecule has 1 saturated heterocycles. The molecule has 0 N–H and O–H groups in total. The molecule has 1 saturated carbocycles. The van der Waals surface area contributed by atoms with Gasteiger partial charge in [0, 0.05) is 5.75 Å². The Bertz CT molecular complexity index is 214. The van der Waals surface area contributed by atoms with Crippen molar-refractivity contribution in [3.05, 3.63) is 0 Å². The standard InChI is InChI=1S/C9H13NS/c1-2-8(3-1)4-5-10-6-9(8)7-11-9/h5H,1-4,6-7H2. The van der Waals surface area contributed by atoms with Crippen LogP contribution in [0.2, 0.25) is 0 Å². The van der Waals surface area contributed by atoms with Crippen molar-refractivity contribution >= 4 is 18.0 Å². The number of nitrogens with zero attached hydrogens (tertiary/aromatic N) is 1. The minimum absolute atomic E-state index is 0.639. The maximum atomic E-state index is 4.42. The van der Waals surface area contributed by atoms with Crippen LogP contribution in [0.1, 0.15) is 25.7 Å². The molecule has 0 radical (unpaired) electrons. The van der Waals surface area contributed by atoms with Gasteiger partial charge in [0.1, 0.15) is 0 Å². The Morgan fingerprint density at radius 3 is 2.64 bits per heavy atom. The van der Waals surface area contributed by atoms with Crippen molar-refractivity contribution < 1.29 is 0 Å². The number of hydrogen-bond donors (Lipinski definition) is 0. The molecule has 1 aliphatic carbocycles. The molecule has 11 heavy (non-hydrogen) atoms. The highest BCUT2D eigenvalue weighted by atomic mass is 32.2. The Labute approximate surface area is 71.7 Å². The molecule has 0 aromatic rings. The maximum Gasteiger partial charge on any atom is 0.0546 e. The summed E-state index contributed by atoms with van der Waals surface area (Å²) in [5, 5.41) is 0. The summed E-state index contributed by atoms with van der Waals surface area (Å²) in [6, 6.07) is 0. The second-order valence-electron chi connectivity index (χ2n) is 4.14. The topological polar surface area (TPSA) is 12.4 Å². The Morgan fingerprint density at radius 2 is 2.18 bits per heavy atom. The Morgan fingerprint density at radius 1 is 1.36 bits per heavy atom. The third kappa shape index (κ3) is 0.670. The van der Waals surface area contributed by atoms with E-state index in [1.165, 1.54) is 31.4 Å². The molecule has 2 fully saturated rings. The normalized spacial score (nSPS) is 44.4. The molecule has 2 spiro atoms. The van der Waals surface area contributed by atoms with Gasteiger partial charge in [0.15, 0.2) is 0 Å². The van der Waals surface area contributed by atoms with Crippen LogP contribution in [-0.2, 0) is 0 Å². The van der Waals surface area contributed by atoms with Crippen LogP contribution in [0.5, 0.6) is 0 Å². The molecule has 2 heterocycles. The van der Waals surface area contributed by atoms with Crippen LogP contribution < -0.4 is 0 Å². The highest BCUT2D eigenvalue weighted by Crippen LogP contribution is 2.67. The van der Waals surface area contributed by atoms with Gasteiger partial charge in [-0.3, -0.25) is 4.99 Å². The highest BCUT2D eigenvalue weighted by Gasteiger charge is 2.62. The van der Waals surface area contributed by atoms with E-state index in [1.54, 1.807) is 0 Å². The second-order valence-corrected chi connectivity index (χ2v) is 5.50. The molecule has 3 aliphatic rings. The van der Waals surface area contributed by atoms with Gasteiger partial charge in [-0.15, -0.1) is 0 Å². The van der Waals surface area contributed by atoms with Gasteiger partial charge >= 0.3 is 0 Å². The van der Waals surface area contributed by atoms with Crippen LogP contribution >= 0.6 is 11.8 Å². The molecule has 0 amide bonds. The predicted octanol–water partition coefficient (Wildman–Crippen LogP) is 2.12. The quantitative estimate of drug-likeness (QED) is 0.503. The van der Waals surface area contributed by atoms with E-state index < -0.39 is 0 Å². The lowest BCUT2D eigenvalue weighted by Crippen LogP contribution is -2.47. The lowest BCUT2D eigenvalue weighted by molar-refractivity contribution is 0.107. The molecule has 0 bridgehead atoms. The van der Waals surface area contributed by atoms with Gasteiger partial charge in [-0.2, -0.15) is 11.8 Å². The zero-order chi connectivity index (χ0) is 7.36. The molecule has 0 aromatic heterocycles. The van der Waals surface area contributed by atoms with Gasteiger partial charge < -0.3 is 0 Å². The fourth-order valence-corrected chi connectivity index (χ4v) is 3.88. The zero-order valence-corrected chi connectivity index (χ0v) is 7.49. The molecule has 2 heteroatoms. The summed E-state index contributed by atoms with van der Waals surface area (Å²) in [6.07, 6.45) is 7.87. The molecule has 1 unspecified atom stereocenters. The van der Waals surface area contributed by atoms with Crippen LogP contribution in [-0.4, -0.2) is 23.3 Å². The molecule has 60 valence electrons. The van der Waals surface area contributed by atoms with Crippen molar-refractivity contribution in [2.24, 2.45) is 10.4 Å². The van der Waals surface area contributed by atoms with Gasteiger partial charge in [-0.25, -0.2) is 0 Å². The minimum atomic E-state index is 0.639. The van der Waals surface area contributed by atoms with E-state index in [9.17, 15) is 0 Å². The Balaban J connectivity index is 1.95. The molecule has 1 atom stereocenters. The van der Waals surface area contributed by atoms with E-state index in [2.05, 4.69) is 23.0 Å². The van der Waals surface area contributed by atoms with E-state index >= 15 is 0 Å². The summed E-state index contributed by atoms with van der Waals surface area (Å²) in [4.78, 5) is 4.42. The van der Waals surface area contributed by atoms with Crippen molar-refractivity contribution in [1.82, 2.24) is 0 Å². The Kier molecular flexibility index (Phi) is 1.09. The van der Waals surface area contributed by atoms with E-state index in [0.29, 0.717) is 4.75 Å². The molecule has 3 rings (SSSR count). The predicted molar refractivity (Wildman–Crippen MR) is 49.4 cm³/mol. The van der Waals surface area contributed by atoms with Crippen molar-refractivity contribution in [1.29, 1.82) is 0 Å². The molecular formula is C9H13NS. The summed E-state index contributed by atoms with van der Waals surface area (Å²) < 4.78 is 0.639. The van der Waals surface area contributed by atoms with Gasteiger partial charge in [0.2, 0.25) is 0 Å². The van der Waals surface area contributed by atoms with Gasteiger partial charge in [-0.05, 0) is 30.9 Å². The highest BCUT2D eigenvalue weighted by molar-refractivity contribution is 8.08. The third-order valence-electron chi connectivity index (χ3n) is 3.73. The van der Waals surface area contributed by atoms with Crippen LogP contribution in [0.15, 0.2) is 4.99 Å². The first-order chi connectivity index (χ1) is 5.37.